The van der Waals surface area contributed by atoms with Crippen molar-refractivity contribution < 1.29 is 22.7 Å². The number of carbonyl (C=O) groups is 2. The number of ether oxygens (including phenoxy) is 1. The number of amides is 2. The fourth-order valence-electron chi connectivity index (χ4n) is 2.70. The van der Waals surface area contributed by atoms with Crippen molar-refractivity contribution >= 4 is 33.4 Å². The van der Waals surface area contributed by atoms with E-state index in [1.807, 2.05) is 6.07 Å². The Morgan fingerprint density at radius 1 is 1.10 bits per heavy atom. The number of aryl methyl sites for hydroxylation is 1. The summed E-state index contributed by atoms with van der Waals surface area (Å²) in [5.74, 6) is -0.380. The van der Waals surface area contributed by atoms with Gasteiger partial charge in [-0.1, -0.05) is 18.2 Å². The van der Waals surface area contributed by atoms with Gasteiger partial charge in [0.1, 0.15) is 5.60 Å². The van der Waals surface area contributed by atoms with E-state index in [4.69, 9.17) is 4.74 Å². The predicted octanol–water partition coefficient (Wildman–Crippen LogP) is 3.99. The fourth-order valence-corrected chi connectivity index (χ4v) is 3.32. The molecule has 0 bridgehead atoms. The van der Waals surface area contributed by atoms with Crippen molar-refractivity contribution in [1.29, 1.82) is 0 Å². The van der Waals surface area contributed by atoms with Gasteiger partial charge in [0, 0.05) is 24.8 Å². The van der Waals surface area contributed by atoms with Crippen LogP contribution in [0.4, 0.5) is 16.2 Å². The molecule has 0 spiro atoms. The van der Waals surface area contributed by atoms with Gasteiger partial charge in [-0.05, 0) is 63.1 Å². The maximum absolute atomic E-state index is 12.7. The Bertz CT molecular complexity index is 1070. The van der Waals surface area contributed by atoms with Crippen LogP contribution in [0.2, 0.25) is 0 Å². The van der Waals surface area contributed by atoms with E-state index in [1.165, 1.54) is 11.0 Å². The molecule has 0 atom stereocenters. The minimum absolute atomic E-state index is 0.311. The smallest absolute Gasteiger partial charge is 0.410 e. The van der Waals surface area contributed by atoms with Crippen molar-refractivity contribution in [2.24, 2.45) is 0 Å². The minimum Gasteiger partial charge on any atom is -0.444 e. The zero-order valence-electron chi connectivity index (χ0n) is 18.6. The average Bonchev–Trinajstić information content (AvgIpc) is 2.61. The van der Waals surface area contributed by atoms with E-state index >= 15 is 0 Å². The zero-order valence-corrected chi connectivity index (χ0v) is 19.5. The standard InChI is InChI=1S/C22H29N3O5S/c1-15-10-11-17(13-19(15)24-31(6,28)29)20(26)23-18-9-7-8-16(12-18)14-25(5)21(27)30-22(2,3)4/h7-13,24H,14H2,1-6H3,(H,23,26). The molecule has 9 heteroatoms. The summed E-state index contributed by atoms with van der Waals surface area (Å²) < 4.78 is 30.8. The van der Waals surface area contributed by atoms with Gasteiger partial charge in [-0.3, -0.25) is 9.52 Å². The van der Waals surface area contributed by atoms with Crippen molar-refractivity contribution in [3.8, 4) is 0 Å². The van der Waals surface area contributed by atoms with E-state index in [1.54, 1.807) is 65.1 Å². The lowest BCUT2D eigenvalue weighted by Gasteiger charge is -2.24. The molecule has 2 N–H and O–H groups in total. The number of rotatable bonds is 6. The maximum atomic E-state index is 12.7. The highest BCUT2D eigenvalue weighted by molar-refractivity contribution is 7.92. The molecular weight excluding hydrogens is 418 g/mol. The van der Waals surface area contributed by atoms with Gasteiger partial charge in [0.2, 0.25) is 10.0 Å². The molecule has 168 valence electrons. The molecule has 0 fully saturated rings. The molecule has 2 rings (SSSR count). The molecule has 2 amide bonds. The Kier molecular flexibility index (Phi) is 7.32. The third kappa shape index (κ3) is 7.93. The molecular formula is C22H29N3O5S. The third-order valence-electron chi connectivity index (χ3n) is 4.10. The monoisotopic (exact) mass is 447 g/mol. The van der Waals surface area contributed by atoms with Crippen molar-refractivity contribution in [2.75, 3.05) is 23.3 Å². The van der Waals surface area contributed by atoms with Gasteiger partial charge in [0.05, 0.1) is 11.9 Å². The molecule has 0 heterocycles. The molecule has 0 saturated heterocycles. The number of nitrogens with zero attached hydrogens (tertiary/aromatic N) is 1. The zero-order chi connectivity index (χ0) is 23.4. The second-order valence-electron chi connectivity index (χ2n) is 8.39. The Morgan fingerprint density at radius 2 is 1.77 bits per heavy atom. The van der Waals surface area contributed by atoms with Gasteiger partial charge in [0.15, 0.2) is 0 Å². The first-order chi connectivity index (χ1) is 14.2. The Labute approximate surface area is 183 Å². The summed E-state index contributed by atoms with van der Waals surface area (Å²) in [5, 5.41) is 2.80. The van der Waals surface area contributed by atoms with Crippen LogP contribution in [-0.4, -0.2) is 44.2 Å². The second-order valence-corrected chi connectivity index (χ2v) is 10.1. The number of hydrogen-bond acceptors (Lipinski definition) is 5. The molecule has 0 radical (unpaired) electrons. The van der Waals surface area contributed by atoms with Crippen LogP contribution >= 0.6 is 0 Å². The van der Waals surface area contributed by atoms with Gasteiger partial charge in [-0.15, -0.1) is 0 Å². The van der Waals surface area contributed by atoms with Crippen LogP contribution in [0.15, 0.2) is 42.5 Å². The number of sulfonamides is 1. The first-order valence-electron chi connectivity index (χ1n) is 9.66. The highest BCUT2D eigenvalue weighted by Gasteiger charge is 2.19. The number of nitrogens with one attached hydrogen (secondary N) is 2. The van der Waals surface area contributed by atoms with Crippen LogP contribution in [0.1, 0.15) is 42.3 Å². The van der Waals surface area contributed by atoms with Crippen molar-refractivity contribution in [3.05, 3.63) is 59.2 Å². The van der Waals surface area contributed by atoms with E-state index in [0.29, 0.717) is 29.0 Å². The summed E-state index contributed by atoms with van der Waals surface area (Å²) >= 11 is 0. The topological polar surface area (TPSA) is 105 Å². The number of carbonyl (C=O) groups excluding carboxylic acids is 2. The highest BCUT2D eigenvalue weighted by Crippen LogP contribution is 2.20. The van der Waals surface area contributed by atoms with Gasteiger partial charge in [-0.25, -0.2) is 13.2 Å². The lowest BCUT2D eigenvalue weighted by molar-refractivity contribution is 0.0285. The largest absolute Gasteiger partial charge is 0.444 e. The summed E-state index contributed by atoms with van der Waals surface area (Å²) in [4.78, 5) is 26.3. The summed E-state index contributed by atoms with van der Waals surface area (Å²) in [7, 11) is -1.82. The molecule has 0 unspecified atom stereocenters. The van der Waals surface area contributed by atoms with E-state index in [-0.39, 0.29) is 5.91 Å². The van der Waals surface area contributed by atoms with E-state index in [0.717, 1.165) is 11.8 Å². The Morgan fingerprint density at radius 3 is 2.39 bits per heavy atom. The van der Waals surface area contributed by atoms with Crippen LogP contribution in [0.3, 0.4) is 0 Å². The van der Waals surface area contributed by atoms with Crippen LogP contribution < -0.4 is 10.0 Å². The first-order valence-corrected chi connectivity index (χ1v) is 11.6. The second kappa shape index (κ2) is 9.38. The van der Waals surface area contributed by atoms with Gasteiger partial charge < -0.3 is 15.0 Å². The van der Waals surface area contributed by atoms with Crippen molar-refractivity contribution in [2.45, 2.75) is 39.8 Å². The van der Waals surface area contributed by atoms with Gasteiger partial charge >= 0.3 is 6.09 Å². The summed E-state index contributed by atoms with van der Waals surface area (Å²) in [6.07, 6.45) is 0.617. The number of anilines is 2. The number of benzene rings is 2. The predicted molar refractivity (Wildman–Crippen MR) is 122 cm³/mol. The van der Waals surface area contributed by atoms with Crippen molar-refractivity contribution in [3.63, 3.8) is 0 Å². The third-order valence-corrected chi connectivity index (χ3v) is 4.70. The number of hydrogen-bond donors (Lipinski definition) is 2. The lowest BCUT2D eigenvalue weighted by Crippen LogP contribution is -2.33. The van der Waals surface area contributed by atoms with Crippen LogP contribution in [0, 0.1) is 6.92 Å². The minimum atomic E-state index is -3.46. The van der Waals surface area contributed by atoms with Gasteiger partial charge in [0.25, 0.3) is 5.91 Å². The molecule has 0 saturated carbocycles. The maximum Gasteiger partial charge on any atom is 0.410 e. The van der Waals surface area contributed by atoms with E-state index in [2.05, 4.69) is 10.0 Å². The summed E-state index contributed by atoms with van der Waals surface area (Å²) in [5.41, 5.74) is 2.15. The summed E-state index contributed by atoms with van der Waals surface area (Å²) in [6, 6.07) is 11.9. The molecule has 8 nitrogen and oxygen atoms in total. The highest BCUT2D eigenvalue weighted by atomic mass is 32.2. The molecule has 2 aromatic rings. The Hall–Kier alpha value is -3.07. The van der Waals surface area contributed by atoms with E-state index in [9.17, 15) is 18.0 Å². The lowest BCUT2D eigenvalue weighted by atomic mass is 10.1. The van der Waals surface area contributed by atoms with Crippen LogP contribution in [0.5, 0.6) is 0 Å². The quantitative estimate of drug-likeness (QED) is 0.697. The molecule has 0 aliphatic rings. The van der Waals surface area contributed by atoms with Crippen LogP contribution in [0.25, 0.3) is 0 Å². The average molecular weight is 448 g/mol. The fraction of sp³-hybridized carbons (Fsp3) is 0.364. The normalized spacial score (nSPS) is 11.5. The summed E-state index contributed by atoms with van der Waals surface area (Å²) in [6.45, 7) is 7.47. The molecule has 31 heavy (non-hydrogen) atoms. The molecule has 2 aromatic carbocycles. The SMILES string of the molecule is Cc1ccc(C(=O)Nc2cccc(CN(C)C(=O)OC(C)(C)C)c2)cc1NS(C)(=O)=O. The first kappa shape index (κ1) is 24.2. The molecule has 0 aromatic heterocycles. The van der Waals surface area contributed by atoms with Gasteiger partial charge in [-0.2, -0.15) is 0 Å². The van der Waals surface area contributed by atoms with E-state index < -0.39 is 21.7 Å². The molecule has 0 aliphatic heterocycles. The van der Waals surface area contributed by atoms with Crippen molar-refractivity contribution in [1.82, 2.24) is 4.90 Å². The molecule has 0 aliphatic carbocycles. The Balaban J connectivity index is 2.11. The van der Waals surface area contributed by atoms with Crippen LogP contribution in [-0.2, 0) is 21.3 Å².